The molecule has 0 aliphatic rings. The highest BCUT2D eigenvalue weighted by Gasteiger charge is 2.15. The standard InChI is InChI=1S/C15H17F2N3O/c1-4-8-18-14-9(2)15(20-10(3)19-14)21-12-7-5-6-11(16)13(12)17/h5-7H,4,8H2,1-3H3,(H,18,19,20). The molecule has 1 N–H and O–H groups in total. The van der Waals surface area contributed by atoms with Crippen molar-refractivity contribution >= 4 is 5.82 Å². The van der Waals surface area contributed by atoms with Gasteiger partial charge in [0, 0.05) is 6.54 Å². The van der Waals surface area contributed by atoms with Gasteiger partial charge in [-0.25, -0.2) is 9.37 Å². The van der Waals surface area contributed by atoms with E-state index in [0.29, 0.717) is 17.2 Å². The van der Waals surface area contributed by atoms with Gasteiger partial charge in [-0.2, -0.15) is 9.37 Å². The predicted molar refractivity (Wildman–Crippen MR) is 76.7 cm³/mol. The summed E-state index contributed by atoms with van der Waals surface area (Å²) in [5, 5.41) is 3.16. The van der Waals surface area contributed by atoms with Crippen molar-refractivity contribution in [1.29, 1.82) is 0 Å². The summed E-state index contributed by atoms with van der Waals surface area (Å²) in [6, 6.07) is 3.77. The van der Waals surface area contributed by atoms with Crippen molar-refractivity contribution in [2.45, 2.75) is 27.2 Å². The number of ether oxygens (including phenoxy) is 1. The summed E-state index contributed by atoms with van der Waals surface area (Å²) < 4.78 is 32.3. The van der Waals surface area contributed by atoms with Crippen molar-refractivity contribution in [3.8, 4) is 11.6 Å². The summed E-state index contributed by atoms with van der Waals surface area (Å²) in [6.45, 7) is 6.27. The molecule has 0 aliphatic carbocycles. The van der Waals surface area contributed by atoms with Gasteiger partial charge in [0.2, 0.25) is 11.7 Å². The summed E-state index contributed by atoms with van der Waals surface area (Å²) in [5.74, 6) is -0.845. The van der Waals surface area contributed by atoms with Gasteiger partial charge < -0.3 is 10.1 Å². The normalized spacial score (nSPS) is 10.5. The Morgan fingerprint density at radius 1 is 1.19 bits per heavy atom. The van der Waals surface area contributed by atoms with Crippen LogP contribution in [0.25, 0.3) is 0 Å². The molecule has 0 aliphatic heterocycles. The minimum atomic E-state index is -1.03. The Hall–Kier alpha value is -2.24. The van der Waals surface area contributed by atoms with Crippen LogP contribution in [0.2, 0.25) is 0 Å². The first kappa shape index (κ1) is 15.2. The van der Waals surface area contributed by atoms with Crippen LogP contribution in [0.1, 0.15) is 24.7 Å². The molecule has 0 saturated heterocycles. The molecule has 2 aromatic rings. The van der Waals surface area contributed by atoms with Gasteiger partial charge in [0.25, 0.3) is 0 Å². The van der Waals surface area contributed by atoms with Crippen LogP contribution in [0, 0.1) is 25.5 Å². The fraction of sp³-hybridized carbons (Fsp3) is 0.333. The molecule has 0 amide bonds. The molecule has 0 spiro atoms. The van der Waals surface area contributed by atoms with Crippen LogP contribution in [0.4, 0.5) is 14.6 Å². The highest BCUT2D eigenvalue weighted by Crippen LogP contribution is 2.29. The Bertz CT molecular complexity index is 647. The average molecular weight is 293 g/mol. The topological polar surface area (TPSA) is 47.0 Å². The average Bonchev–Trinajstić information content (AvgIpc) is 2.45. The van der Waals surface area contributed by atoms with E-state index in [1.807, 2.05) is 6.92 Å². The highest BCUT2D eigenvalue weighted by atomic mass is 19.2. The monoisotopic (exact) mass is 293 g/mol. The van der Waals surface area contributed by atoms with E-state index in [-0.39, 0.29) is 11.6 Å². The highest BCUT2D eigenvalue weighted by molar-refractivity contribution is 5.49. The summed E-state index contributed by atoms with van der Waals surface area (Å²) in [5.41, 5.74) is 0.651. The third-order valence-electron chi connectivity index (χ3n) is 2.88. The van der Waals surface area contributed by atoms with E-state index >= 15 is 0 Å². The van der Waals surface area contributed by atoms with Crippen LogP contribution in [0.15, 0.2) is 18.2 Å². The quantitative estimate of drug-likeness (QED) is 0.905. The molecule has 0 saturated carbocycles. The number of anilines is 1. The fourth-order valence-corrected chi connectivity index (χ4v) is 1.78. The van der Waals surface area contributed by atoms with Crippen LogP contribution in [-0.2, 0) is 0 Å². The van der Waals surface area contributed by atoms with E-state index in [2.05, 4.69) is 15.3 Å². The maximum absolute atomic E-state index is 13.7. The molecule has 1 aromatic heterocycles. The van der Waals surface area contributed by atoms with Gasteiger partial charge in [0.05, 0.1) is 5.56 Å². The van der Waals surface area contributed by atoms with Gasteiger partial charge in [-0.3, -0.25) is 0 Å². The SMILES string of the molecule is CCCNc1nc(C)nc(Oc2cccc(F)c2F)c1C. The second-order valence-corrected chi connectivity index (χ2v) is 4.63. The van der Waals surface area contributed by atoms with Gasteiger partial charge in [0.1, 0.15) is 11.6 Å². The van der Waals surface area contributed by atoms with E-state index < -0.39 is 11.6 Å². The largest absolute Gasteiger partial charge is 0.435 e. The molecule has 112 valence electrons. The molecule has 1 aromatic carbocycles. The molecular weight excluding hydrogens is 276 g/mol. The Labute approximate surface area is 122 Å². The maximum atomic E-state index is 13.7. The zero-order chi connectivity index (χ0) is 15.4. The minimum absolute atomic E-state index is 0.197. The Morgan fingerprint density at radius 2 is 1.95 bits per heavy atom. The number of aromatic nitrogens is 2. The fourth-order valence-electron chi connectivity index (χ4n) is 1.78. The molecule has 0 radical (unpaired) electrons. The van der Waals surface area contributed by atoms with Crippen LogP contribution >= 0.6 is 0 Å². The summed E-state index contributed by atoms with van der Waals surface area (Å²) >= 11 is 0. The molecule has 1 heterocycles. The molecule has 0 unspecified atom stereocenters. The van der Waals surface area contributed by atoms with Crippen molar-refractivity contribution in [3.05, 3.63) is 41.2 Å². The lowest BCUT2D eigenvalue weighted by Crippen LogP contribution is -2.07. The van der Waals surface area contributed by atoms with Gasteiger partial charge in [-0.15, -0.1) is 0 Å². The van der Waals surface area contributed by atoms with Crippen LogP contribution in [-0.4, -0.2) is 16.5 Å². The van der Waals surface area contributed by atoms with Gasteiger partial charge >= 0.3 is 0 Å². The molecule has 21 heavy (non-hydrogen) atoms. The molecule has 2 rings (SSSR count). The third kappa shape index (κ3) is 3.45. The van der Waals surface area contributed by atoms with Gasteiger partial charge in [0.15, 0.2) is 11.6 Å². The number of benzene rings is 1. The van der Waals surface area contributed by atoms with E-state index in [4.69, 9.17) is 4.74 Å². The third-order valence-corrected chi connectivity index (χ3v) is 2.88. The van der Waals surface area contributed by atoms with E-state index in [1.165, 1.54) is 12.1 Å². The molecule has 0 atom stereocenters. The Morgan fingerprint density at radius 3 is 2.67 bits per heavy atom. The molecular formula is C15H17F2N3O. The lowest BCUT2D eigenvalue weighted by atomic mass is 10.3. The van der Waals surface area contributed by atoms with E-state index in [9.17, 15) is 8.78 Å². The molecule has 0 fully saturated rings. The first-order chi connectivity index (χ1) is 10.0. The summed E-state index contributed by atoms with van der Waals surface area (Å²) in [6.07, 6.45) is 0.942. The number of rotatable bonds is 5. The predicted octanol–water partition coefficient (Wildman–Crippen LogP) is 3.99. The second kappa shape index (κ2) is 6.47. The lowest BCUT2D eigenvalue weighted by molar-refractivity contribution is 0.402. The smallest absolute Gasteiger partial charge is 0.227 e. The maximum Gasteiger partial charge on any atom is 0.227 e. The van der Waals surface area contributed by atoms with Gasteiger partial charge in [-0.05, 0) is 32.4 Å². The van der Waals surface area contributed by atoms with Crippen molar-refractivity contribution in [2.24, 2.45) is 0 Å². The number of hydrogen-bond acceptors (Lipinski definition) is 4. The second-order valence-electron chi connectivity index (χ2n) is 4.63. The number of nitrogens with zero attached hydrogens (tertiary/aromatic N) is 2. The Kier molecular flexibility index (Phi) is 4.67. The van der Waals surface area contributed by atoms with Crippen molar-refractivity contribution in [1.82, 2.24) is 9.97 Å². The summed E-state index contributed by atoms with van der Waals surface area (Å²) in [4.78, 5) is 8.43. The summed E-state index contributed by atoms with van der Waals surface area (Å²) in [7, 11) is 0. The van der Waals surface area contributed by atoms with E-state index in [1.54, 1.807) is 13.8 Å². The lowest BCUT2D eigenvalue weighted by Gasteiger charge is -2.13. The van der Waals surface area contributed by atoms with Crippen molar-refractivity contribution in [3.63, 3.8) is 0 Å². The van der Waals surface area contributed by atoms with Crippen LogP contribution in [0.3, 0.4) is 0 Å². The van der Waals surface area contributed by atoms with Crippen LogP contribution < -0.4 is 10.1 Å². The first-order valence-corrected chi connectivity index (χ1v) is 6.74. The number of halogens is 2. The van der Waals surface area contributed by atoms with Crippen molar-refractivity contribution in [2.75, 3.05) is 11.9 Å². The molecule has 4 nitrogen and oxygen atoms in total. The zero-order valence-corrected chi connectivity index (χ0v) is 12.2. The Balaban J connectivity index is 2.35. The number of aryl methyl sites for hydroxylation is 1. The molecule has 6 heteroatoms. The number of nitrogens with one attached hydrogen (secondary N) is 1. The zero-order valence-electron chi connectivity index (χ0n) is 12.2. The van der Waals surface area contributed by atoms with Crippen LogP contribution in [0.5, 0.6) is 11.6 Å². The number of hydrogen-bond donors (Lipinski definition) is 1. The van der Waals surface area contributed by atoms with Crippen molar-refractivity contribution < 1.29 is 13.5 Å². The van der Waals surface area contributed by atoms with E-state index in [0.717, 1.165) is 19.0 Å². The minimum Gasteiger partial charge on any atom is -0.435 e. The molecule has 0 bridgehead atoms. The van der Waals surface area contributed by atoms with Gasteiger partial charge in [-0.1, -0.05) is 13.0 Å². The first-order valence-electron chi connectivity index (χ1n) is 6.74.